The number of carbonyl (C=O) groups is 3. The first-order valence-corrected chi connectivity index (χ1v) is 35.4. The van der Waals surface area contributed by atoms with Crippen LogP contribution in [0.4, 0.5) is 0 Å². The zero-order chi connectivity index (χ0) is 55.3. The van der Waals surface area contributed by atoms with Crippen molar-refractivity contribution in [1.29, 1.82) is 0 Å². The SMILES string of the molecule is C[C@H](CCC(=O)OB(OC(=O)CC[C@@H](C)[C@H]1CC[C@H]2[C@@H]3CCC4CCCC[C@]4(C)[C@H]3CC[C@]12C)OC(=O)CC[C@@H](C)[C@H]1CC[C@H]2[C@@H]3CCC4CCCC[C@]4(C)[C@H]3CC[C@]12C)[C@H]1CC[C@H]2[C@@H]3CCC4CCCC[C@]4(C)[C@H]3CC[C@]12C. The Morgan fingerprint density at radius 1 is 0.342 bits per heavy atom. The van der Waals surface area contributed by atoms with E-state index in [1.807, 2.05) is 0 Å². The van der Waals surface area contributed by atoms with Crippen molar-refractivity contribution in [3.63, 3.8) is 0 Å². The van der Waals surface area contributed by atoms with E-state index < -0.39 is 25.2 Å². The topological polar surface area (TPSA) is 78.9 Å². The molecule has 0 amide bonds. The Kier molecular flexibility index (Phi) is 16.4. The molecule has 12 fully saturated rings. The Labute approximate surface area is 483 Å². The van der Waals surface area contributed by atoms with Crippen LogP contribution in [0.1, 0.15) is 293 Å². The summed E-state index contributed by atoms with van der Waals surface area (Å²) in [5.41, 5.74) is 2.62. The van der Waals surface area contributed by atoms with E-state index in [0.717, 1.165) is 90.3 Å². The van der Waals surface area contributed by atoms with Crippen molar-refractivity contribution in [3.8, 4) is 0 Å². The molecule has 3 unspecified atom stereocenters. The second kappa shape index (κ2) is 22.4. The van der Waals surface area contributed by atoms with Gasteiger partial charge in [-0.3, -0.25) is 14.4 Å². The molecule has 0 aromatic rings. The standard InChI is InChI=1S/C72H117BO6/c1-46(55-28-31-58-52-25-22-49-16-10-13-40-67(49,4)61(52)37-43-70(55,58)7)19-34-64(74)77-73(78-65(75)35-20-47(2)56-29-32-59-53-26-23-50-17-11-14-41-68(50,5)62(53)38-44-71(56,59)8)79-66(76)36-21-48(3)57-30-33-60-54-27-24-51-18-12-15-42-69(51,6)63(54)39-45-72(57,60)9/h46-63H,10-45H2,1-9H3/t46-,47-,48-,49?,50?,51?,52+,53+,54+,55-,56-,57-,58+,59+,60+,61+,62+,63+,67+,68+,69+,70-,71-,72-/m1/s1. The van der Waals surface area contributed by atoms with E-state index in [0.29, 0.717) is 68.0 Å². The number of hydrogen-bond acceptors (Lipinski definition) is 6. The van der Waals surface area contributed by atoms with E-state index >= 15 is 0 Å². The first-order valence-electron chi connectivity index (χ1n) is 35.4. The summed E-state index contributed by atoms with van der Waals surface area (Å²) in [6.07, 6.45) is 44.8. The summed E-state index contributed by atoms with van der Waals surface area (Å²) in [6.45, 7) is 23.1. The van der Waals surface area contributed by atoms with Crippen LogP contribution in [-0.2, 0) is 28.3 Å². The van der Waals surface area contributed by atoms with Crippen LogP contribution in [0.2, 0.25) is 0 Å². The van der Waals surface area contributed by atoms with Crippen molar-refractivity contribution in [2.75, 3.05) is 0 Å². The van der Waals surface area contributed by atoms with Gasteiger partial charge in [0.15, 0.2) is 0 Å². The van der Waals surface area contributed by atoms with Gasteiger partial charge in [0, 0.05) is 19.3 Å². The maximum atomic E-state index is 14.1. The first-order chi connectivity index (χ1) is 37.8. The second-order valence-electron chi connectivity index (χ2n) is 33.7. The van der Waals surface area contributed by atoms with Crippen LogP contribution in [0.5, 0.6) is 0 Å². The van der Waals surface area contributed by atoms with E-state index in [9.17, 15) is 14.4 Å². The molecule has 444 valence electrons. The molecule has 0 aromatic heterocycles. The summed E-state index contributed by atoms with van der Waals surface area (Å²) in [5.74, 6) is 12.2. The first kappa shape index (κ1) is 57.9. The molecule has 0 N–H and O–H groups in total. The smallest absolute Gasteiger partial charge is 0.462 e. The molecule has 0 radical (unpaired) electrons. The van der Waals surface area contributed by atoms with E-state index in [2.05, 4.69) is 62.3 Å². The summed E-state index contributed by atoms with van der Waals surface area (Å²) in [4.78, 5) is 42.2. The lowest BCUT2D eigenvalue weighted by atomic mass is 9.44. The normalized spacial score (nSPS) is 48.8. The maximum Gasteiger partial charge on any atom is 0.870 e. The Bertz CT molecular complexity index is 1960. The molecule has 24 atom stereocenters. The average molecular weight is 1090 g/mol. The van der Waals surface area contributed by atoms with Crippen LogP contribution in [0, 0.1) is 139 Å². The van der Waals surface area contributed by atoms with Gasteiger partial charge in [-0.05, 0) is 312 Å². The van der Waals surface area contributed by atoms with Crippen molar-refractivity contribution in [2.45, 2.75) is 293 Å². The van der Waals surface area contributed by atoms with Gasteiger partial charge in [0.1, 0.15) is 0 Å². The number of fused-ring (bicyclic) bond motifs is 15. The molecule has 12 aliphatic carbocycles. The molecule has 12 rings (SSSR count). The number of rotatable bonds is 15. The molecule has 0 bridgehead atoms. The number of carbonyl (C=O) groups excluding carboxylic acids is 3. The van der Waals surface area contributed by atoms with E-state index in [4.69, 9.17) is 14.0 Å². The van der Waals surface area contributed by atoms with Crippen molar-refractivity contribution in [3.05, 3.63) is 0 Å². The fourth-order valence-electron chi connectivity index (χ4n) is 27.0. The third kappa shape index (κ3) is 10.0. The quantitative estimate of drug-likeness (QED) is 0.152. The van der Waals surface area contributed by atoms with Crippen molar-refractivity contribution < 1.29 is 28.3 Å². The Morgan fingerprint density at radius 2 is 0.620 bits per heavy atom. The predicted octanol–water partition coefficient (Wildman–Crippen LogP) is 19.0. The third-order valence-electron chi connectivity index (χ3n) is 31.1. The largest absolute Gasteiger partial charge is 0.870 e. The predicted molar refractivity (Wildman–Crippen MR) is 319 cm³/mol. The van der Waals surface area contributed by atoms with Crippen LogP contribution < -0.4 is 0 Å². The van der Waals surface area contributed by atoms with Gasteiger partial charge < -0.3 is 14.0 Å². The van der Waals surface area contributed by atoms with Gasteiger partial charge >= 0.3 is 7.32 Å². The minimum absolute atomic E-state index is 0.246. The molecule has 79 heavy (non-hydrogen) atoms. The molecule has 0 saturated heterocycles. The van der Waals surface area contributed by atoms with Crippen LogP contribution in [-0.4, -0.2) is 25.2 Å². The zero-order valence-electron chi connectivity index (χ0n) is 52.4. The van der Waals surface area contributed by atoms with Crippen LogP contribution in [0.25, 0.3) is 0 Å². The van der Waals surface area contributed by atoms with Gasteiger partial charge in [-0.15, -0.1) is 0 Å². The highest BCUT2D eigenvalue weighted by Gasteiger charge is 2.64. The van der Waals surface area contributed by atoms with E-state index in [1.165, 1.54) is 193 Å². The van der Waals surface area contributed by atoms with Gasteiger partial charge in [0.25, 0.3) is 17.9 Å². The van der Waals surface area contributed by atoms with Gasteiger partial charge in [-0.25, -0.2) is 0 Å². The van der Waals surface area contributed by atoms with Crippen molar-refractivity contribution in [1.82, 2.24) is 0 Å². The minimum Gasteiger partial charge on any atom is -0.462 e. The summed E-state index contributed by atoms with van der Waals surface area (Å²) >= 11 is 0. The van der Waals surface area contributed by atoms with Gasteiger partial charge in [-0.2, -0.15) is 0 Å². The number of hydrogen-bond donors (Lipinski definition) is 0. The zero-order valence-corrected chi connectivity index (χ0v) is 52.4. The van der Waals surface area contributed by atoms with Crippen LogP contribution in [0.3, 0.4) is 0 Å². The highest BCUT2D eigenvalue weighted by Crippen LogP contribution is 2.72. The molecule has 0 aliphatic heterocycles. The summed E-state index contributed by atoms with van der Waals surface area (Å²) < 4.78 is 18.1. The molecule has 7 heteroatoms. The molecule has 0 spiro atoms. The molecule has 12 aliphatic rings. The van der Waals surface area contributed by atoms with Gasteiger partial charge in [-0.1, -0.05) is 101 Å². The molecular weight excluding hydrogens is 972 g/mol. The summed E-state index contributed by atoms with van der Waals surface area (Å²) in [6, 6.07) is 0. The van der Waals surface area contributed by atoms with Crippen molar-refractivity contribution >= 4 is 25.2 Å². The molecule has 0 heterocycles. The molecular formula is C72H117BO6. The molecule has 12 saturated carbocycles. The van der Waals surface area contributed by atoms with Crippen LogP contribution in [0.15, 0.2) is 0 Å². The summed E-state index contributed by atoms with van der Waals surface area (Å²) in [5, 5.41) is 0. The fraction of sp³-hybridized carbons (Fsp3) is 0.958. The highest BCUT2D eigenvalue weighted by atomic mass is 16.8. The Hall–Kier alpha value is -1.53. The third-order valence-corrected chi connectivity index (χ3v) is 31.1. The van der Waals surface area contributed by atoms with Gasteiger partial charge in [0.05, 0.1) is 0 Å². The monoisotopic (exact) mass is 1090 g/mol. The minimum atomic E-state index is -1.63. The van der Waals surface area contributed by atoms with E-state index in [1.54, 1.807) is 0 Å². The lowest BCUT2D eigenvalue weighted by Gasteiger charge is -2.61. The molecule has 6 nitrogen and oxygen atoms in total. The van der Waals surface area contributed by atoms with Gasteiger partial charge in [0.2, 0.25) is 0 Å². The highest BCUT2D eigenvalue weighted by molar-refractivity contribution is 6.44. The lowest BCUT2D eigenvalue weighted by molar-refractivity contribution is -0.148. The van der Waals surface area contributed by atoms with Crippen molar-refractivity contribution in [2.24, 2.45) is 139 Å². The van der Waals surface area contributed by atoms with E-state index in [-0.39, 0.29) is 19.3 Å². The van der Waals surface area contributed by atoms with Crippen LogP contribution >= 0.6 is 0 Å². The Morgan fingerprint density at radius 3 is 0.911 bits per heavy atom. The maximum absolute atomic E-state index is 14.1. The lowest BCUT2D eigenvalue weighted by Crippen LogP contribution is -2.53. The summed E-state index contributed by atoms with van der Waals surface area (Å²) in [7, 11) is -1.63. The average Bonchev–Trinajstić information content (AvgIpc) is 4.30. The second-order valence-corrected chi connectivity index (χ2v) is 33.7. The fourth-order valence-corrected chi connectivity index (χ4v) is 27.0. The Balaban J connectivity index is 0.668. The molecule has 0 aromatic carbocycles.